The molecule has 0 spiro atoms. The fraction of sp³-hybridized carbons (Fsp3) is 0.533. The Hall–Kier alpha value is -1.99. The molecular formula is C15H21N5O2. The monoisotopic (exact) mass is 303 g/mol. The number of rotatable bonds is 4. The van der Waals surface area contributed by atoms with E-state index >= 15 is 0 Å². The lowest BCUT2D eigenvalue weighted by Gasteiger charge is -2.35. The molecule has 1 fully saturated rings. The quantitative estimate of drug-likeness (QED) is 0.877. The van der Waals surface area contributed by atoms with E-state index in [1.807, 2.05) is 18.0 Å². The molecule has 1 aliphatic rings. The third-order valence-electron chi connectivity index (χ3n) is 4.05. The van der Waals surface area contributed by atoms with Crippen LogP contribution in [0.3, 0.4) is 0 Å². The molecule has 1 N–H and O–H groups in total. The summed E-state index contributed by atoms with van der Waals surface area (Å²) in [5.74, 6) is 0.483. The predicted octanol–water partition coefficient (Wildman–Crippen LogP) is 0.258. The summed E-state index contributed by atoms with van der Waals surface area (Å²) in [5, 5.41) is 9.70. The van der Waals surface area contributed by atoms with Crippen LogP contribution in [0.5, 0.6) is 0 Å². The summed E-state index contributed by atoms with van der Waals surface area (Å²) in [4.78, 5) is 24.9. The Morgan fingerprint density at radius 2 is 2.14 bits per heavy atom. The van der Waals surface area contributed by atoms with E-state index in [0.717, 1.165) is 19.5 Å². The zero-order valence-corrected chi connectivity index (χ0v) is 12.7. The van der Waals surface area contributed by atoms with Crippen molar-refractivity contribution in [1.82, 2.24) is 24.2 Å². The topological polar surface area (TPSA) is 74.0 Å². The van der Waals surface area contributed by atoms with Crippen molar-refractivity contribution in [2.45, 2.75) is 19.4 Å². The Morgan fingerprint density at radius 1 is 1.36 bits per heavy atom. The molecule has 2 aromatic heterocycles. The highest BCUT2D eigenvalue weighted by Gasteiger charge is 2.24. The van der Waals surface area contributed by atoms with Gasteiger partial charge in [-0.15, -0.1) is 0 Å². The molecule has 3 rings (SSSR count). The van der Waals surface area contributed by atoms with Crippen LogP contribution in [0.1, 0.15) is 23.8 Å². The second kappa shape index (κ2) is 6.41. The van der Waals surface area contributed by atoms with Crippen LogP contribution < -0.4 is 0 Å². The number of carbonyl (C=O) groups is 1. The Kier molecular flexibility index (Phi) is 4.35. The van der Waals surface area contributed by atoms with E-state index in [1.54, 1.807) is 22.9 Å². The van der Waals surface area contributed by atoms with Crippen LogP contribution in [0, 0.1) is 0 Å². The van der Waals surface area contributed by atoms with Crippen LogP contribution in [-0.2, 0) is 0 Å². The number of aromatic nitrogens is 3. The SMILES string of the molecule is CC[C@H](O)CN1CCN(C(=O)c2cn3cccnc3n2)CC1. The second-order valence-electron chi connectivity index (χ2n) is 5.61. The van der Waals surface area contributed by atoms with Crippen LogP contribution in [0.4, 0.5) is 0 Å². The molecule has 0 radical (unpaired) electrons. The minimum Gasteiger partial charge on any atom is -0.392 e. The van der Waals surface area contributed by atoms with E-state index in [4.69, 9.17) is 0 Å². The van der Waals surface area contributed by atoms with Gasteiger partial charge in [0, 0.05) is 51.3 Å². The smallest absolute Gasteiger partial charge is 0.274 e. The van der Waals surface area contributed by atoms with E-state index in [9.17, 15) is 9.90 Å². The first-order valence-electron chi connectivity index (χ1n) is 7.67. The number of imidazole rings is 1. The first-order chi connectivity index (χ1) is 10.7. The maximum absolute atomic E-state index is 12.5. The molecule has 3 heterocycles. The lowest BCUT2D eigenvalue weighted by molar-refractivity contribution is 0.0520. The summed E-state index contributed by atoms with van der Waals surface area (Å²) in [6, 6.07) is 1.81. The summed E-state index contributed by atoms with van der Waals surface area (Å²) in [5.41, 5.74) is 0.431. The first-order valence-corrected chi connectivity index (χ1v) is 7.67. The molecule has 22 heavy (non-hydrogen) atoms. The fourth-order valence-electron chi connectivity index (χ4n) is 2.66. The highest BCUT2D eigenvalue weighted by molar-refractivity contribution is 5.92. The molecule has 0 saturated carbocycles. The molecular weight excluding hydrogens is 282 g/mol. The Balaban J connectivity index is 1.62. The number of hydrogen-bond acceptors (Lipinski definition) is 5. The van der Waals surface area contributed by atoms with Crippen LogP contribution in [0.15, 0.2) is 24.7 Å². The van der Waals surface area contributed by atoms with Crippen molar-refractivity contribution >= 4 is 11.7 Å². The number of fused-ring (bicyclic) bond motifs is 1. The molecule has 0 unspecified atom stereocenters. The van der Waals surface area contributed by atoms with Crippen LogP contribution in [0.2, 0.25) is 0 Å². The molecule has 0 aromatic carbocycles. The average Bonchev–Trinajstić information content (AvgIpc) is 2.98. The minimum absolute atomic E-state index is 0.0545. The molecule has 0 aliphatic carbocycles. The van der Waals surface area contributed by atoms with Crippen molar-refractivity contribution in [3.63, 3.8) is 0 Å². The number of aliphatic hydroxyl groups is 1. The first kappa shape index (κ1) is 14.9. The van der Waals surface area contributed by atoms with Gasteiger partial charge in [-0.05, 0) is 12.5 Å². The summed E-state index contributed by atoms with van der Waals surface area (Å²) in [7, 11) is 0. The lowest BCUT2D eigenvalue weighted by atomic mass is 10.2. The van der Waals surface area contributed by atoms with Crippen molar-refractivity contribution in [2.75, 3.05) is 32.7 Å². The molecule has 1 saturated heterocycles. The third-order valence-corrected chi connectivity index (χ3v) is 4.05. The number of piperazine rings is 1. The molecule has 118 valence electrons. The van der Waals surface area contributed by atoms with Crippen LogP contribution >= 0.6 is 0 Å². The number of β-amino-alcohol motifs (C(OH)–C–C–N with tert-alkyl or cyclic N) is 1. The summed E-state index contributed by atoms with van der Waals surface area (Å²) < 4.78 is 1.75. The molecule has 7 nitrogen and oxygen atoms in total. The largest absolute Gasteiger partial charge is 0.392 e. The van der Waals surface area contributed by atoms with Gasteiger partial charge in [0.15, 0.2) is 0 Å². The van der Waals surface area contributed by atoms with E-state index in [2.05, 4.69) is 14.9 Å². The van der Waals surface area contributed by atoms with Gasteiger partial charge in [0.25, 0.3) is 5.91 Å². The normalized spacial score (nSPS) is 17.8. The van der Waals surface area contributed by atoms with Crippen molar-refractivity contribution in [3.05, 3.63) is 30.4 Å². The molecule has 1 aliphatic heterocycles. The van der Waals surface area contributed by atoms with E-state index < -0.39 is 0 Å². The van der Waals surface area contributed by atoms with Gasteiger partial charge in [0.05, 0.1) is 6.10 Å². The Labute approximate surface area is 129 Å². The van der Waals surface area contributed by atoms with Gasteiger partial charge in [-0.3, -0.25) is 14.1 Å². The average molecular weight is 303 g/mol. The van der Waals surface area contributed by atoms with E-state index in [1.165, 1.54) is 0 Å². The Morgan fingerprint density at radius 3 is 2.82 bits per heavy atom. The number of nitrogens with zero attached hydrogens (tertiary/aromatic N) is 5. The van der Waals surface area contributed by atoms with Gasteiger partial charge >= 0.3 is 0 Å². The number of amides is 1. The van der Waals surface area contributed by atoms with Gasteiger partial charge in [-0.2, -0.15) is 0 Å². The maximum Gasteiger partial charge on any atom is 0.274 e. The van der Waals surface area contributed by atoms with Crippen LogP contribution in [-0.4, -0.2) is 74.0 Å². The molecule has 2 aromatic rings. The minimum atomic E-state index is -0.285. The molecule has 1 amide bonds. The third kappa shape index (κ3) is 3.10. The van der Waals surface area contributed by atoms with Crippen molar-refractivity contribution in [1.29, 1.82) is 0 Å². The van der Waals surface area contributed by atoms with Gasteiger partial charge in [-0.1, -0.05) is 6.92 Å². The van der Waals surface area contributed by atoms with Crippen molar-refractivity contribution < 1.29 is 9.90 Å². The van der Waals surface area contributed by atoms with Crippen LogP contribution in [0.25, 0.3) is 5.78 Å². The van der Waals surface area contributed by atoms with Gasteiger partial charge in [-0.25, -0.2) is 9.97 Å². The van der Waals surface area contributed by atoms with E-state index in [0.29, 0.717) is 31.1 Å². The number of aliphatic hydroxyl groups excluding tert-OH is 1. The maximum atomic E-state index is 12.5. The highest BCUT2D eigenvalue weighted by atomic mass is 16.3. The summed E-state index contributed by atoms with van der Waals surface area (Å²) in [6.45, 7) is 5.55. The van der Waals surface area contributed by atoms with E-state index in [-0.39, 0.29) is 12.0 Å². The zero-order valence-electron chi connectivity index (χ0n) is 12.7. The summed E-state index contributed by atoms with van der Waals surface area (Å²) in [6.07, 6.45) is 5.68. The highest BCUT2D eigenvalue weighted by Crippen LogP contribution is 2.10. The van der Waals surface area contributed by atoms with Crippen molar-refractivity contribution in [2.24, 2.45) is 0 Å². The number of hydrogen-bond donors (Lipinski definition) is 1. The number of carbonyl (C=O) groups excluding carboxylic acids is 1. The predicted molar refractivity (Wildman–Crippen MR) is 81.6 cm³/mol. The lowest BCUT2D eigenvalue weighted by Crippen LogP contribution is -2.50. The molecule has 1 atom stereocenters. The van der Waals surface area contributed by atoms with Gasteiger partial charge in [0.1, 0.15) is 5.69 Å². The van der Waals surface area contributed by atoms with Gasteiger partial charge in [0.2, 0.25) is 5.78 Å². The Bertz CT molecular complexity index is 615. The fourth-order valence-corrected chi connectivity index (χ4v) is 2.66. The second-order valence-corrected chi connectivity index (χ2v) is 5.61. The van der Waals surface area contributed by atoms with Crippen molar-refractivity contribution in [3.8, 4) is 0 Å². The standard InChI is InChI=1S/C15H21N5O2/c1-2-12(21)10-18-6-8-19(9-7-18)14(22)13-11-20-5-3-4-16-15(20)17-13/h3-5,11-12,21H,2,6-10H2,1H3/t12-/m0/s1. The zero-order chi connectivity index (χ0) is 15.5. The molecule has 0 bridgehead atoms. The summed E-state index contributed by atoms with van der Waals surface area (Å²) >= 11 is 0. The molecule has 7 heteroatoms. The van der Waals surface area contributed by atoms with Gasteiger partial charge < -0.3 is 10.0 Å².